The number of ketones is 2. The maximum Gasteiger partial charge on any atom is 0.202 e. The number of carbonyl (C=O) groups is 2. The van der Waals surface area contributed by atoms with Crippen molar-refractivity contribution in [1.82, 2.24) is 0 Å². The van der Waals surface area contributed by atoms with E-state index in [-0.39, 0.29) is 57.6 Å². The standard InChI is InChI=1S/C24H22O7/c1-11-9-14-20(22(29)19-13(21(14)28)5-4-6-15(19)26)23-18(11)16(27)10-17(31-23)24(3,30)8-7-12(2)25/h4-6,9-10,12,25-26,30H,7-8H2,1-3H3/t12-,24+/m1/s1. The van der Waals surface area contributed by atoms with Gasteiger partial charge in [-0.1, -0.05) is 12.1 Å². The van der Waals surface area contributed by atoms with E-state index in [1.165, 1.54) is 37.3 Å². The quantitative estimate of drug-likeness (QED) is 0.462. The molecule has 4 rings (SSSR count). The smallest absolute Gasteiger partial charge is 0.202 e. The molecule has 3 N–H and O–H groups in total. The van der Waals surface area contributed by atoms with Crippen molar-refractivity contribution in [3.05, 3.63) is 74.1 Å². The SMILES string of the molecule is Cc1cc2c(c3oc([C@@](C)(O)CC[C@@H](C)O)cc(=O)c13)C(=O)c1c(O)cccc1C2=O. The Morgan fingerprint density at radius 2 is 1.77 bits per heavy atom. The number of aliphatic hydroxyl groups is 2. The average molecular weight is 422 g/mol. The average Bonchev–Trinajstić information content (AvgIpc) is 2.69. The van der Waals surface area contributed by atoms with Gasteiger partial charge in [-0.3, -0.25) is 14.4 Å². The molecule has 1 aliphatic carbocycles. The highest BCUT2D eigenvalue weighted by Crippen LogP contribution is 2.38. The fourth-order valence-corrected chi connectivity index (χ4v) is 4.05. The second-order valence-corrected chi connectivity index (χ2v) is 8.31. The number of carbonyl (C=O) groups excluding carboxylic acids is 2. The van der Waals surface area contributed by atoms with Crippen molar-refractivity contribution in [1.29, 1.82) is 0 Å². The number of phenolic OH excluding ortho intramolecular Hbond substituents is 1. The lowest BCUT2D eigenvalue weighted by Crippen LogP contribution is -2.26. The maximum absolute atomic E-state index is 13.3. The zero-order valence-electron chi connectivity index (χ0n) is 17.4. The lowest BCUT2D eigenvalue weighted by Gasteiger charge is -2.24. The highest BCUT2D eigenvalue weighted by atomic mass is 16.4. The van der Waals surface area contributed by atoms with Gasteiger partial charge in [0.1, 0.15) is 22.7 Å². The van der Waals surface area contributed by atoms with E-state index in [1.54, 1.807) is 13.8 Å². The van der Waals surface area contributed by atoms with Crippen LogP contribution in [0.25, 0.3) is 11.0 Å². The van der Waals surface area contributed by atoms with Crippen molar-refractivity contribution >= 4 is 22.5 Å². The summed E-state index contributed by atoms with van der Waals surface area (Å²) in [5.41, 5.74) is -1.76. The van der Waals surface area contributed by atoms with Crippen molar-refractivity contribution < 1.29 is 29.3 Å². The number of aromatic hydroxyl groups is 1. The molecule has 2 aromatic carbocycles. The second kappa shape index (κ2) is 7.14. The molecule has 160 valence electrons. The Kier molecular flexibility index (Phi) is 4.83. The van der Waals surface area contributed by atoms with Crippen LogP contribution in [0.5, 0.6) is 5.75 Å². The Labute approximate surface area is 177 Å². The molecule has 7 nitrogen and oxygen atoms in total. The molecular weight excluding hydrogens is 400 g/mol. The summed E-state index contributed by atoms with van der Waals surface area (Å²) < 4.78 is 5.91. The molecule has 31 heavy (non-hydrogen) atoms. The highest BCUT2D eigenvalue weighted by molar-refractivity contribution is 6.32. The Morgan fingerprint density at radius 1 is 1.06 bits per heavy atom. The van der Waals surface area contributed by atoms with Crippen LogP contribution in [0.2, 0.25) is 0 Å². The fourth-order valence-electron chi connectivity index (χ4n) is 4.05. The zero-order chi connectivity index (χ0) is 22.7. The van der Waals surface area contributed by atoms with Crippen LogP contribution in [0.3, 0.4) is 0 Å². The molecule has 0 amide bonds. The first kappa shape index (κ1) is 21.0. The van der Waals surface area contributed by atoms with Crippen LogP contribution in [0.15, 0.2) is 39.5 Å². The van der Waals surface area contributed by atoms with Gasteiger partial charge in [0.25, 0.3) is 0 Å². The van der Waals surface area contributed by atoms with E-state index >= 15 is 0 Å². The Bertz CT molecular complexity index is 1310. The molecule has 0 saturated heterocycles. The van der Waals surface area contributed by atoms with Gasteiger partial charge in [0, 0.05) is 17.2 Å². The number of hydrogen-bond donors (Lipinski definition) is 3. The Balaban J connectivity index is 2.02. The second-order valence-electron chi connectivity index (χ2n) is 8.31. The summed E-state index contributed by atoms with van der Waals surface area (Å²) in [5, 5.41) is 30.8. The first-order valence-electron chi connectivity index (χ1n) is 9.96. The molecule has 2 atom stereocenters. The molecule has 0 saturated carbocycles. The predicted molar refractivity (Wildman–Crippen MR) is 113 cm³/mol. The van der Waals surface area contributed by atoms with E-state index in [9.17, 15) is 29.7 Å². The summed E-state index contributed by atoms with van der Waals surface area (Å²) in [6.45, 7) is 4.68. The van der Waals surface area contributed by atoms with Crippen LogP contribution < -0.4 is 5.43 Å². The van der Waals surface area contributed by atoms with E-state index in [2.05, 4.69) is 0 Å². The van der Waals surface area contributed by atoms with Crippen LogP contribution in [-0.2, 0) is 5.60 Å². The summed E-state index contributed by atoms with van der Waals surface area (Å²) in [5.74, 6) is -1.49. The van der Waals surface area contributed by atoms with Crippen molar-refractivity contribution in [2.24, 2.45) is 0 Å². The third-order valence-electron chi connectivity index (χ3n) is 5.76. The van der Waals surface area contributed by atoms with Crippen LogP contribution >= 0.6 is 0 Å². The zero-order valence-corrected chi connectivity index (χ0v) is 17.4. The van der Waals surface area contributed by atoms with Crippen LogP contribution in [-0.4, -0.2) is 33.0 Å². The van der Waals surface area contributed by atoms with E-state index in [1.807, 2.05) is 0 Å². The molecule has 1 aliphatic rings. The van der Waals surface area contributed by atoms with Gasteiger partial charge in [-0.25, -0.2) is 0 Å². The van der Waals surface area contributed by atoms with Crippen LogP contribution in [0, 0.1) is 6.92 Å². The van der Waals surface area contributed by atoms with Gasteiger partial charge < -0.3 is 19.7 Å². The van der Waals surface area contributed by atoms with E-state index in [4.69, 9.17) is 4.42 Å². The lowest BCUT2D eigenvalue weighted by atomic mass is 9.81. The number of phenols is 1. The molecule has 0 unspecified atom stereocenters. The van der Waals surface area contributed by atoms with Crippen LogP contribution in [0.4, 0.5) is 0 Å². The fraction of sp³-hybridized carbons (Fsp3) is 0.292. The lowest BCUT2D eigenvalue weighted by molar-refractivity contribution is 0.0120. The van der Waals surface area contributed by atoms with Crippen molar-refractivity contribution in [2.75, 3.05) is 0 Å². The van der Waals surface area contributed by atoms with Gasteiger partial charge in [-0.15, -0.1) is 0 Å². The number of fused-ring (bicyclic) bond motifs is 4. The largest absolute Gasteiger partial charge is 0.507 e. The summed E-state index contributed by atoms with van der Waals surface area (Å²) >= 11 is 0. The molecule has 1 heterocycles. The summed E-state index contributed by atoms with van der Waals surface area (Å²) in [7, 11) is 0. The van der Waals surface area contributed by atoms with Gasteiger partial charge >= 0.3 is 0 Å². The minimum Gasteiger partial charge on any atom is -0.507 e. The first-order chi connectivity index (χ1) is 14.5. The molecule has 0 bridgehead atoms. The number of benzene rings is 2. The molecule has 3 aromatic rings. The molecule has 1 aromatic heterocycles. The topological polar surface area (TPSA) is 125 Å². The first-order valence-corrected chi connectivity index (χ1v) is 9.96. The summed E-state index contributed by atoms with van der Waals surface area (Å²) in [4.78, 5) is 39.3. The molecule has 0 radical (unpaired) electrons. The third kappa shape index (κ3) is 3.26. The van der Waals surface area contributed by atoms with E-state index in [0.717, 1.165) is 0 Å². The normalized spacial score (nSPS) is 16.0. The van der Waals surface area contributed by atoms with Crippen molar-refractivity contribution in [2.45, 2.75) is 45.3 Å². The molecule has 7 heteroatoms. The van der Waals surface area contributed by atoms with Crippen molar-refractivity contribution in [3.63, 3.8) is 0 Å². The predicted octanol–water partition coefficient (Wildman–Crippen LogP) is 2.95. The summed E-state index contributed by atoms with van der Waals surface area (Å²) in [6, 6.07) is 6.91. The molecule has 0 fully saturated rings. The van der Waals surface area contributed by atoms with E-state index < -0.39 is 28.7 Å². The van der Waals surface area contributed by atoms with E-state index in [0.29, 0.717) is 5.56 Å². The molecular formula is C24H22O7. The number of rotatable bonds is 4. The molecule has 0 spiro atoms. The van der Waals surface area contributed by atoms with Crippen LogP contribution in [0.1, 0.15) is 69.9 Å². The summed E-state index contributed by atoms with van der Waals surface area (Å²) in [6.07, 6.45) is -0.282. The van der Waals surface area contributed by atoms with Crippen molar-refractivity contribution in [3.8, 4) is 5.75 Å². The Hall–Kier alpha value is -3.29. The van der Waals surface area contributed by atoms with Gasteiger partial charge in [0.15, 0.2) is 11.2 Å². The van der Waals surface area contributed by atoms with Gasteiger partial charge in [-0.2, -0.15) is 0 Å². The third-order valence-corrected chi connectivity index (χ3v) is 5.76. The van der Waals surface area contributed by atoms with Gasteiger partial charge in [0.05, 0.1) is 22.6 Å². The minimum absolute atomic E-state index is 0.0678. The van der Waals surface area contributed by atoms with Gasteiger partial charge in [0.2, 0.25) is 5.78 Å². The maximum atomic E-state index is 13.3. The number of hydrogen-bond acceptors (Lipinski definition) is 7. The number of aliphatic hydroxyl groups excluding tert-OH is 1. The minimum atomic E-state index is -1.58. The molecule has 0 aliphatic heterocycles. The van der Waals surface area contributed by atoms with Gasteiger partial charge in [-0.05, 0) is 51.3 Å². The monoisotopic (exact) mass is 422 g/mol. The Morgan fingerprint density at radius 3 is 2.45 bits per heavy atom. The number of aryl methyl sites for hydroxylation is 1. The highest BCUT2D eigenvalue weighted by Gasteiger charge is 2.36.